The molecule has 2 amide bonds. The molecule has 9 heteroatoms. The van der Waals surface area contributed by atoms with Crippen LogP contribution in [0.2, 0.25) is 0 Å². The summed E-state index contributed by atoms with van der Waals surface area (Å²) in [6.45, 7) is 5.88. The molecule has 2 aromatic carbocycles. The van der Waals surface area contributed by atoms with Gasteiger partial charge >= 0.3 is 12.1 Å². The Bertz CT molecular complexity index is 1380. The van der Waals surface area contributed by atoms with Crippen LogP contribution in [0.15, 0.2) is 53.7 Å². The largest absolute Gasteiger partial charge is 0.467 e. The van der Waals surface area contributed by atoms with Crippen LogP contribution in [0.25, 0.3) is 17.2 Å². The van der Waals surface area contributed by atoms with Gasteiger partial charge in [0, 0.05) is 17.5 Å². The standard InChI is InChI=1S/C31H35N3O6/c1-31(2,3)27-28(35)34-18-20(17-25(34)29(36)38-4)40-33-26-23-12-8-7-11-21(23)22-14-13-19(16-24(22)26)10-6-5-9-15-39-30(37)32-27/h6-8,10-14,16,20,25,27H,5,9,15,17-18H2,1-4H3,(H,32,37)/b10-6+,33-26?/t20-,25+,27-/m1/s1. The van der Waals surface area contributed by atoms with Crippen LogP contribution in [0.4, 0.5) is 4.79 Å². The SMILES string of the molecule is COC(=O)[C@@H]1C[C@@H]2CN1C(=O)[C@H](C(C)(C)C)NC(=O)OCCC/C=C/c1ccc3c(c1)C(=NO2)c1ccccc1-3. The van der Waals surface area contributed by atoms with Crippen molar-refractivity contribution in [2.45, 2.75) is 58.2 Å². The number of allylic oxidation sites excluding steroid dienone is 1. The van der Waals surface area contributed by atoms with Gasteiger partial charge in [0.1, 0.15) is 23.9 Å². The third-order valence-corrected chi connectivity index (χ3v) is 7.52. The van der Waals surface area contributed by atoms with Gasteiger partial charge in [0.05, 0.1) is 20.3 Å². The van der Waals surface area contributed by atoms with E-state index < -0.39 is 41.6 Å². The molecule has 5 rings (SSSR count). The number of alkyl carbamates (subject to hydrolysis) is 1. The maximum atomic E-state index is 13.8. The molecule has 3 atom stereocenters. The van der Waals surface area contributed by atoms with E-state index in [0.717, 1.165) is 27.8 Å². The molecule has 210 valence electrons. The maximum absolute atomic E-state index is 13.8. The number of hydrogen-bond donors (Lipinski definition) is 1. The van der Waals surface area contributed by atoms with E-state index in [0.29, 0.717) is 18.6 Å². The van der Waals surface area contributed by atoms with Gasteiger partial charge in [-0.2, -0.15) is 0 Å². The molecule has 4 bridgehead atoms. The van der Waals surface area contributed by atoms with Crippen molar-refractivity contribution in [3.8, 4) is 11.1 Å². The number of benzene rings is 2. The number of amides is 2. The summed E-state index contributed by atoms with van der Waals surface area (Å²) in [6, 6.07) is 12.5. The zero-order chi connectivity index (χ0) is 28.4. The van der Waals surface area contributed by atoms with Gasteiger partial charge in [0.2, 0.25) is 5.91 Å². The molecule has 3 aliphatic rings. The summed E-state index contributed by atoms with van der Waals surface area (Å²) in [5.41, 5.74) is 5.16. The number of carbonyl (C=O) groups excluding carboxylic acids is 3. The number of ether oxygens (including phenoxy) is 2. The summed E-state index contributed by atoms with van der Waals surface area (Å²) in [4.78, 5) is 46.7. The highest BCUT2D eigenvalue weighted by Gasteiger charge is 2.46. The number of esters is 1. The van der Waals surface area contributed by atoms with E-state index in [4.69, 9.17) is 14.3 Å². The van der Waals surface area contributed by atoms with Crippen molar-refractivity contribution in [1.29, 1.82) is 0 Å². The van der Waals surface area contributed by atoms with Crippen molar-refractivity contribution in [2.75, 3.05) is 20.3 Å². The Morgan fingerprint density at radius 3 is 2.58 bits per heavy atom. The first-order chi connectivity index (χ1) is 19.2. The zero-order valence-electron chi connectivity index (χ0n) is 23.3. The Morgan fingerprint density at radius 2 is 1.82 bits per heavy atom. The number of methoxy groups -OCH3 is 1. The summed E-state index contributed by atoms with van der Waals surface area (Å²) in [5, 5.41) is 7.33. The van der Waals surface area contributed by atoms with Crippen molar-refractivity contribution in [3.63, 3.8) is 0 Å². The highest BCUT2D eigenvalue weighted by atomic mass is 16.6. The monoisotopic (exact) mass is 545 g/mol. The van der Waals surface area contributed by atoms with Crippen LogP contribution in [0.5, 0.6) is 0 Å². The Balaban J connectivity index is 1.53. The van der Waals surface area contributed by atoms with Gasteiger partial charge < -0.3 is 24.5 Å². The van der Waals surface area contributed by atoms with E-state index in [1.54, 1.807) is 0 Å². The second-order valence-electron chi connectivity index (χ2n) is 11.4. The molecule has 0 aromatic heterocycles. The van der Waals surface area contributed by atoms with E-state index in [1.807, 2.05) is 51.1 Å². The van der Waals surface area contributed by atoms with Gasteiger partial charge in [-0.3, -0.25) is 4.79 Å². The quantitative estimate of drug-likeness (QED) is 0.451. The molecular formula is C31H35N3O6. The summed E-state index contributed by atoms with van der Waals surface area (Å²) in [6.07, 6.45) is 4.43. The Kier molecular flexibility index (Phi) is 7.65. The minimum absolute atomic E-state index is 0.121. The van der Waals surface area contributed by atoms with E-state index in [1.165, 1.54) is 12.0 Å². The molecule has 2 aliphatic heterocycles. The number of hydrogen-bond acceptors (Lipinski definition) is 7. The van der Waals surface area contributed by atoms with Crippen molar-refractivity contribution in [2.24, 2.45) is 10.6 Å². The highest BCUT2D eigenvalue weighted by molar-refractivity contribution is 6.24. The molecule has 2 aromatic rings. The molecule has 0 unspecified atom stereocenters. The summed E-state index contributed by atoms with van der Waals surface area (Å²) < 4.78 is 10.4. The van der Waals surface area contributed by atoms with Gasteiger partial charge in [-0.05, 0) is 41.0 Å². The van der Waals surface area contributed by atoms with Crippen molar-refractivity contribution < 1.29 is 28.7 Å². The molecule has 9 nitrogen and oxygen atoms in total. The first-order valence-electron chi connectivity index (χ1n) is 13.6. The van der Waals surface area contributed by atoms with E-state index in [9.17, 15) is 14.4 Å². The summed E-state index contributed by atoms with van der Waals surface area (Å²) >= 11 is 0. The lowest BCUT2D eigenvalue weighted by molar-refractivity contribution is -0.152. The fourth-order valence-electron chi connectivity index (χ4n) is 5.43. The first kappa shape index (κ1) is 27.4. The van der Waals surface area contributed by atoms with Crippen LogP contribution in [0, 0.1) is 5.41 Å². The molecule has 0 radical (unpaired) electrons. The Morgan fingerprint density at radius 1 is 1.07 bits per heavy atom. The summed E-state index contributed by atoms with van der Waals surface area (Å²) in [5.74, 6) is -0.946. The molecule has 2 heterocycles. The van der Waals surface area contributed by atoms with Crippen LogP contribution in [-0.2, 0) is 23.9 Å². The smallest absolute Gasteiger partial charge is 0.407 e. The molecule has 1 aliphatic carbocycles. The zero-order valence-corrected chi connectivity index (χ0v) is 23.3. The van der Waals surface area contributed by atoms with Gasteiger partial charge in [0.15, 0.2) is 0 Å². The third-order valence-electron chi connectivity index (χ3n) is 7.52. The fourth-order valence-corrected chi connectivity index (χ4v) is 5.43. The van der Waals surface area contributed by atoms with Crippen molar-refractivity contribution >= 4 is 29.8 Å². The number of rotatable bonds is 1. The molecule has 1 fully saturated rings. The minimum atomic E-state index is -0.926. The number of nitrogens with one attached hydrogen (secondary N) is 1. The number of fused-ring (bicyclic) bond motifs is 6. The molecule has 40 heavy (non-hydrogen) atoms. The predicted octanol–water partition coefficient (Wildman–Crippen LogP) is 4.53. The van der Waals surface area contributed by atoms with Gasteiger partial charge in [-0.25, -0.2) is 9.59 Å². The number of nitrogens with zero attached hydrogens (tertiary/aromatic N) is 2. The third kappa shape index (κ3) is 5.46. The van der Waals surface area contributed by atoms with E-state index in [2.05, 4.69) is 34.7 Å². The highest BCUT2D eigenvalue weighted by Crippen LogP contribution is 2.38. The van der Waals surface area contributed by atoms with Crippen LogP contribution < -0.4 is 5.32 Å². The average Bonchev–Trinajstić information content (AvgIpc) is 3.49. The fraction of sp³-hybridized carbons (Fsp3) is 0.419. The lowest BCUT2D eigenvalue weighted by Gasteiger charge is -2.34. The van der Waals surface area contributed by atoms with Gasteiger partial charge in [0.25, 0.3) is 0 Å². The lowest BCUT2D eigenvalue weighted by Crippen LogP contribution is -2.57. The Labute approximate surface area is 234 Å². The molecule has 1 saturated heterocycles. The molecule has 0 spiro atoms. The summed E-state index contributed by atoms with van der Waals surface area (Å²) in [7, 11) is 1.29. The number of carbonyl (C=O) groups is 3. The molecular weight excluding hydrogens is 510 g/mol. The topological polar surface area (TPSA) is 107 Å². The van der Waals surface area contributed by atoms with Crippen molar-refractivity contribution in [1.82, 2.24) is 10.2 Å². The van der Waals surface area contributed by atoms with Crippen LogP contribution in [-0.4, -0.2) is 67.0 Å². The van der Waals surface area contributed by atoms with Crippen LogP contribution >= 0.6 is 0 Å². The predicted molar refractivity (Wildman–Crippen MR) is 151 cm³/mol. The Hall–Kier alpha value is -4.14. The number of cyclic esters (lactones) is 1. The van der Waals surface area contributed by atoms with E-state index >= 15 is 0 Å². The average molecular weight is 546 g/mol. The van der Waals surface area contributed by atoms with Gasteiger partial charge in [-0.1, -0.05) is 74.5 Å². The first-order valence-corrected chi connectivity index (χ1v) is 13.6. The van der Waals surface area contributed by atoms with Crippen molar-refractivity contribution in [3.05, 3.63) is 65.2 Å². The molecule has 1 N–H and O–H groups in total. The second-order valence-corrected chi connectivity index (χ2v) is 11.4. The van der Waals surface area contributed by atoms with Gasteiger partial charge in [-0.15, -0.1) is 0 Å². The number of oxime groups is 1. The van der Waals surface area contributed by atoms with Crippen LogP contribution in [0.1, 0.15) is 56.7 Å². The normalized spacial score (nSPS) is 23.9. The van der Waals surface area contributed by atoms with Crippen LogP contribution in [0.3, 0.4) is 0 Å². The molecule has 0 saturated carbocycles. The second kappa shape index (κ2) is 11.2. The maximum Gasteiger partial charge on any atom is 0.407 e. The minimum Gasteiger partial charge on any atom is -0.467 e. The lowest BCUT2D eigenvalue weighted by atomic mass is 9.85. The van der Waals surface area contributed by atoms with E-state index in [-0.39, 0.29) is 19.6 Å².